The van der Waals surface area contributed by atoms with Gasteiger partial charge < -0.3 is 15.5 Å². The highest BCUT2D eigenvalue weighted by Crippen LogP contribution is 2.36. The summed E-state index contributed by atoms with van der Waals surface area (Å²) in [6.07, 6.45) is -1.07. The molecule has 0 bridgehead atoms. The zero-order chi connectivity index (χ0) is 19.7. The number of pyridine rings is 1. The number of alkyl halides is 1. The molecule has 0 aliphatic carbocycles. The Kier molecular flexibility index (Phi) is 5.98. The van der Waals surface area contributed by atoms with E-state index in [-0.39, 0.29) is 23.7 Å². The average molecular weight is 463 g/mol. The van der Waals surface area contributed by atoms with Crippen molar-refractivity contribution < 1.29 is 17.6 Å². The maximum Gasteiger partial charge on any atom is 0.177 e. The number of anilines is 1. The molecular formula is C18H16BrClF3N3O. The largest absolute Gasteiger partial charge is 0.456 e. The Morgan fingerprint density at radius 3 is 2.63 bits per heavy atom. The number of rotatable bonds is 6. The summed E-state index contributed by atoms with van der Waals surface area (Å²) in [6.45, 7) is 1.24. The summed E-state index contributed by atoms with van der Waals surface area (Å²) in [7, 11) is 0. The van der Waals surface area contributed by atoms with Crippen LogP contribution >= 0.6 is 27.5 Å². The van der Waals surface area contributed by atoms with Crippen LogP contribution < -0.4 is 11.1 Å². The third-order valence-electron chi connectivity index (χ3n) is 4.15. The Hall–Kier alpha value is -1.77. The number of aromatic nitrogens is 1. The van der Waals surface area contributed by atoms with E-state index >= 15 is 0 Å². The second-order valence-corrected chi connectivity index (χ2v) is 7.29. The first-order valence-electron chi connectivity index (χ1n) is 8.11. The van der Waals surface area contributed by atoms with Crippen molar-refractivity contribution in [1.29, 1.82) is 0 Å². The summed E-state index contributed by atoms with van der Waals surface area (Å²) in [6, 6.07) is 4.38. The predicted octanol–water partition coefficient (Wildman–Crippen LogP) is 5.36. The molecule has 0 aliphatic rings. The second-order valence-electron chi connectivity index (χ2n) is 6.11. The summed E-state index contributed by atoms with van der Waals surface area (Å²) in [5.41, 5.74) is 6.81. The van der Waals surface area contributed by atoms with E-state index in [1.165, 1.54) is 31.2 Å². The van der Waals surface area contributed by atoms with Crippen molar-refractivity contribution in [2.45, 2.75) is 32.1 Å². The first-order chi connectivity index (χ1) is 12.8. The molecular weight excluding hydrogens is 447 g/mol. The van der Waals surface area contributed by atoms with Gasteiger partial charge in [-0.05, 0) is 35.0 Å². The highest BCUT2D eigenvalue weighted by molar-refractivity contribution is 9.10. The second kappa shape index (κ2) is 8.08. The van der Waals surface area contributed by atoms with Crippen LogP contribution in [-0.2, 0) is 13.0 Å². The van der Waals surface area contributed by atoms with Gasteiger partial charge in [0.25, 0.3) is 0 Å². The van der Waals surface area contributed by atoms with E-state index in [0.717, 1.165) is 0 Å². The number of nitrogens with two attached hydrogens (primary N) is 1. The van der Waals surface area contributed by atoms with E-state index in [9.17, 15) is 13.2 Å². The number of nitrogens with zero attached hydrogens (tertiary/aromatic N) is 1. The number of nitrogens with one attached hydrogen (secondary N) is 1. The van der Waals surface area contributed by atoms with Crippen LogP contribution in [0.25, 0.3) is 11.1 Å². The van der Waals surface area contributed by atoms with Crippen molar-refractivity contribution in [2.24, 2.45) is 5.73 Å². The molecule has 0 aliphatic heterocycles. The number of hydrogen-bond donors (Lipinski definition) is 2. The van der Waals surface area contributed by atoms with Crippen molar-refractivity contribution in [1.82, 2.24) is 4.98 Å². The normalized spacial score (nSPS) is 13.7. The van der Waals surface area contributed by atoms with Crippen LogP contribution in [0, 0.1) is 11.6 Å². The molecule has 0 radical (unpaired) electrons. The molecule has 0 spiro atoms. The molecule has 0 saturated carbocycles. The van der Waals surface area contributed by atoms with Gasteiger partial charge in [0.1, 0.15) is 34.2 Å². The summed E-state index contributed by atoms with van der Waals surface area (Å²) in [4.78, 5) is 4.20. The first kappa shape index (κ1) is 20.0. The number of fused-ring (bicyclic) bond motifs is 1. The number of benzene rings is 1. The Balaban J connectivity index is 1.95. The van der Waals surface area contributed by atoms with E-state index in [2.05, 4.69) is 26.2 Å². The molecule has 144 valence electrons. The lowest BCUT2D eigenvalue weighted by Crippen LogP contribution is -2.31. The van der Waals surface area contributed by atoms with Crippen molar-refractivity contribution in [3.05, 3.63) is 56.8 Å². The molecule has 2 atom stereocenters. The number of halogens is 5. The van der Waals surface area contributed by atoms with E-state index in [4.69, 9.17) is 21.8 Å². The molecule has 2 aromatic heterocycles. The molecule has 3 aromatic rings. The van der Waals surface area contributed by atoms with Gasteiger partial charge in [0.2, 0.25) is 0 Å². The van der Waals surface area contributed by atoms with E-state index < -0.39 is 23.8 Å². The molecule has 2 heterocycles. The minimum absolute atomic E-state index is 0.113. The van der Waals surface area contributed by atoms with Gasteiger partial charge in [-0.2, -0.15) is 0 Å². The highest BCUT2D eigenvalue weighted by Gasteiger charge is 2.22. The minimum atomic E-state index is -1.22. The Labute approximate surface area is 167 Å². The molecule has 9 heteroatoms. The van der Waals surface area contributed by atoms with Crippen LogP contribution in [0.5, 0.6) is 0 Å². The lowest BCUT2D eigenvalue weighted by Gasteiger charge is -2.10. The average Bonchev–Trinajstić information content (AvgIpc) is 2.90. The molecule has 0 unspecified atom stereocenters. The van der Waals surface area contributed by atoms with Crippen molar-refractivity contribution in [2.75, 3.05) is 5.32 Å². The molecule has 0 saturated heterocycles. The fourth-order valence-electron chi connectivity index (χ4n) is 2.58. The van der Waals surface area contributed by atoms with E-state index in [1.807, 2.05) is 0 Å². The van der Waals surface area contributed by atoms with Gasteiger partial charge >= 0.3 is 0 Å². The monoisotopic (exact) mass is 461 g/mol. The van der Waals surface area contributed by atoms with Gasteiger partial charge in [-0.25, -0.2) is 18.2 Å². The van der Waals surface area contributed by atoms with Crippen LogP contribution in [0.3, 0.4) is 0 Å². The summed E-state index contributed by atoms with van der Waals surface area (Å²) in [5, 5.41) is 3.08. The number of furan rings is 1. The fourth-order valence-corrected chi connectivity index (χ4v) is 3.28. The minimum Gasteiger partial charge on any atom is -0.456 e. The third-order valence-corrected chi connectivity index (χ3v) is 5.16. The van der Waals surface area contributed by atoms with Crippen LogP contribution in [0.4, 0.5) is 18.9 Å². The third kappa shape index (κ3) is 4.23. The molecule has 4 nitrogen and oxygen atoms in total. The Bertz CT molecular complexity index is 960. The van der Waals surface area contributed by atoms with Crippen LogP contribution in [0.1, 0.15) is 18.2 Å². The quantitative estimate of drug-likeness (QED) is 0.484. The Morgan fingerprint density at radius 2 is 2.00 bits per heavy atom. The predicted molar refractivity (Wildman–Crippen MR) is 103 cm³/mol. The molecule has 27 heavy (non-hydrogen) atoms. The topological polar surface area (TPSA) is 64.1 Å². The van der Waals surface area contributed by atoms with Gasteiger partial charge in [-0.3, -0.25) is 0 Å². The van der Waals surface area contributed by atoms with Gasteiger partial charge in [-0.15, -0.1) is 0 Å². The van der Waals surface area contributed by atoms with Crippen LogP contribution in [0.15, 0.2) is 33.2 Å². The maximum absolute atomic E-state index is 13.8. The van der Waals surface area contributed by atoms with Crippen molar-refractivity contribution >= 4 is 44.3 Å². The SMILES string of the molecule is C[C@H](F)[C@H](N)Cc1oc2c(NCc3c(F)cccc3F)cc(Cl)nc2c1Br. The van der Waals surface area contributed by atoms with Gasteiger partial charge in [0.15, 0.2) is 5.58 Å². The van der Waals surface area contributed by atoms with Crippen molar-refractivity contribution in [3.8, 4) is 0 Å². The zero-order valence-corrected chi connectivity index (χ0v) is 16.5. The van der Waals surface area contributed by atoms with Crippen LogP contribution in [-0.4, -0.2) is 17.2 Å². The van der Waals surface area contributed by atoms with Gasteiger partial charge in [0.05, 0.1) is 10.2 Å². The van der Waals surface area contributed by atoms with Crippen molar-refractivity contribution in [3.63, 3.8) is 0 Å². The van der Waals surface area contributed by atoms with Gasteiger partial charge in [0, 0.05) is 30.6 Å². The van der Waals surface area contributed by atoms with E-state index in [1.54, 1.807) is 0 Å². The zero-order valence-electron chi connectivity index (χ0n) is 14.2. The molecule has 1 aromatic carbocycles. The molecule has 0 fully saturated rings. The summed E-state index contributed by atoms with van der Waals surface area (Å²) in [5.74, 6) is -0.914. The lowest BCUT2D eigenvalue weighted by atomic mass is 10.1. The smallest absolute Gasteiger partial charge is 0.177 e. The van der Waals surface area contributed by atoms with Gasteiger partial charge in [-0.1, -0.05) is 17.7 Å². The Morgan fingerprint density at radius 1 is 1.33 bits per heavy atom. The standard InChI is InChI=1S/C18H16BrClF3N3O/c1-8(21)12(24)5-14-16(19)17-18(27-14)13(6-15(20)26-17)25-7-9-10(22)3-2-4-11(9)23/h2-4,6,8,12H,5,7,24H2,1H3,(H,25,26)/t8-,12+/m0/s1. The lowest BCUT2D eigenvalue weighted by molar-refractivity contribution is 0.295. The molecule has 3 rings (SSSR count). The van der Waals surface area contributed by atoms with E-state index in [0.29, 0.717) is 27.0 Å². The summed E-state index contributed by atoms with van der Waals surface area (Å²) >= 11 is 9.44. The fraction of sp³-hybridized carbons (Fsp3) is 0.278. The molecule has 3 N–H and O–H groups in total. The highest BCUT2D eigenvalue weighted by atomic mass is 79.9. The molecule has 0 amide bonds. The summed E-state index contributed by atoms with van der Waals surface area (Å²) < 4.78 is 47.4. The first-order valence-corrected chi connectivity index (χ1v) is 9.28. The number of hydrogen-bond acceptors (Lipinski definition) is 4. The van der Waals surface area contributed by atoms with Crippen LogP contribution in [0.2, 0.25) is 5.15 Å². The maximum atomic E-state index is 13.8.